The Morgan fingerprint density at radius 1 is 1.04 bits per heavy atom. The second kappa shape index (κ2) is 5.93. The minimum Gasteiger partial charge on any atom is -0.324 e. The number of carbonyl (C=O) groups excluding carboxylic acids is 2. The molecule has 1 saturated carbocycles. The van der Waals surface area contributed by atoms with E-state index in [0.29, 0.717) is 11.4 Å². The molecule has 1 unspecified atom stereocenters. The van der Waals surface area contributed by atoms with E-state index in [9.17, 15) is 18.0 Å². The predicted molar refractivity (Wildman–Crippen MR) is 85.4 cm³/mol. The van der Waals surface area contributed by atoms with E-state index in [2.05, 4.69) is 15.4 Å². The van der Waals surface area contributed by atoms with E-state index in [0.717, 1.165) is 25.7 Å². The third kappa shape index (κ3) is 3.23. The Morgan fingerprint density at radius 2 is 1.65 bits per heavy atom. The van der Waals surface area contributed by atoms with Gasteiger partial charge in [0.1, 0.15) is 5.92 Å². The van der Waals surface area contributed by atoms with Crippen LogP contribution < -0.4 is 15.4 Å². The molecule has 124 valence electrons. The normalized spacial score (nSPS) is 22.2. The van der Waals surface area contributed by atoms with Crippen LogP contribution in [-0.2, 0) is 19.6 Å². The molecule has 1 fully saturated rings. The Labute approximate surface area is 134 Å². The average Bonchev–Trinajstić information content (AvgIpc) is 2.96. The molecule has 1 heterocycles. The number of hydrogen-bond acceptors (Lipinski definition) is 4. The Kier molecular flexibility index (Phi) is 4.11. The highest BCUT2D eigenvalue weighted by Gasteiger charge is 2.28. The zero-order valence-electron chi connectivity index (χ0n) is 12.8. The molecule has 1 aromatic rings. The van der Waals surface area contributed by atoms with Crippen molar-refractivity contribution in [2.45, 2.75) is 43.5 Å². The zero-order chi connectivity index (χ0) is 16.6. The highest BCUT2D eigenvalue weighted by Crippen LogP contribution is 2.29. The fourth-order valence-corrected chi connectivity index (χ4v) is 4.17. The van der Waals surface area contributed by atoms with Crippen molar-refractivity contribution >= 4 is 33.2 Å². The van der Waals surface area contributed by atoms with Crippen LogP contribution in [0.1, 0.15) is 32.6 Å². The van der Waals surface area contributed by atoms with Crippen LogP contribution in [0.5, 0.6) is 0 Å². The number of benzene rings is 1. The minimum atomic E-state index is -3.65. The molecule has 1 aliphatic carbocycles. The molecule has 0 radical (unpaired) electrons. The lowest BCUT2D eigenvalue weighted by Gasteiger charge is -2.14. The second-order valence-corrected chi connectivity index (χ2v) is 7.72. The molecule has 3 rings (SSSR count). The van der Waals surface area contributed by atoms with E-state index in [1.165, 1.54) is 25.1 Å². The van der Waals surface area contributed by atoms with Crippen molar-refractivity contribution in [3.8, 4) is 0 Å². The fraction of sp³-hybridized carbons (Fsp3) is 0.467. The van der Waals surface area contributed by atoms with Gasteiger partial charge in [-0.3, -0.25) is 9.59 Å². The van der Waals surface area contributed by atoms with Crippen molar-refractivity contribution in [3.63, 3.8) is 0 Å². The summed E-state index contributed by atoms with van der Waals surface area (Å²) < 4.78 is 27.6. The standard InChI is InChI=1S/C15H19N3O4S/c1-9-14(19)16-12-7-6-11(8-13(12)17-15(9)20)23(21,22)18-10-4-2-3-5-10/h6-10,18H,2-5H2,1H3,(H,16,19)(H,17,20). The first-order valence-electron chi connectivity index (χ1n) is 7.65. The van der Waals surface area contributed by atoms with Crippen LogP contribution in [0.2, 0.25) is 0 Å². The van der Waals surface area contributed by atoms with Crippen LogP contribution in [-0.4, -0.2) is 26.3 Å². The van der Waals surface area contributed by atoms with Crippen molar-refractivity contribution < 1.29 is 18.0 Å². The number of rotatable bonds is 3. The van der Waals surface area contributed by atoms with E-state index in [1.54, 1.807) is 0 Å². The van der Waals surface area contributed by atoms with Crippen molar-refractivity contribution in [2.75, 3.05) is 10.6 Å². The summed E-state index contributed by atoms with van der Waals surface area (Å²) in [6.45, 7) is 1.50. The van der Waals surface area contributed by atoms with E-state index < -0.39 is 27.8 Å². The van der Waals surface area contributed by atoms with Crippen LogP contribution in [0.15, 0.2) is 23.1 Å². The molecule has 1 atom stereocenters. The van der Waals surface area contributed by atoms with Gasteiger partial charge in [-0.2, -0.15) is 0 Å². The van der Waals surface area contributed by atoms with Gasteiger partial charge in [0.25, 0.3) is 0 Å². The van der Waals surface area contributed by atoms with E-state index in [1.807, 2.05) is 0 Å². The van der Waals surface area contributed by atoms with Crippen molar-refractivity contribution in [1.29, 1.82) is 0 Å². The number of amides is 2. The van der Waals surface area contributed by atoms with Gasteiger partial charge in [0.15, 0.2) is 0 Å². The second-order valence-electron chi connectivity index (χ2n) is 6.01. The SMILES string of the molecule is CC1C(=O)Nc2ccc(S(=O)(=O)NC3CCCC3)cc2NC1=O. The molecule has 0 bridgehead atoms. The molecule has 1 aromatic carbocycles. The van der Waals surface area contributed by atoms with Crippen LogP contribution in [0, 0.1) is 5.92 Å². The zero-order valence-corrected chi connectivity index (χ0v) is 13.6. The summed E-state index contributed by atoms with van der Waals surface area (Å²) in [6.07, 6.45) is 3.73. The summed E-state index contributed by atoms with van der Waals surface area (Å²) in [5.74, 6) is -1.71. The van der Waals surface area contributed by atoms with Crippen molar-refractivity contribution in [3.05, 3.63) is 18.2 Å². The van der Waals surface area contributed by atoms with Gasteiger partial charge in [0, 0.05) is 6.04 Å². The van der Waals surface area contributed by atoms with Crippen LogP contribution in [0.4, 0.5) is 11.4 Å². The van der Waals surface area contributed by atoms with Crippen LogP contribution in [0.3, 0.4) is 0 Å². The lowest BCUT2D eigenvalue weighted by Crippen LogP contribution is -2.32. The third-order valence-corrected chi connectivity index (χ3v) is 5.80. The first-order valence-corrected chi connectivity index (χ1v) is 9.13. The molecule has 0 aromatic heterocycles. The number of fused-ring (bicyclic) bond motifs is 1. The van der Waals surface area contributed by atoms with Crippen LogP contribution in [0.25, 0.3) is 0 Å². The van der Waals surface area contributed by atoms with Gasteiger partial charge in [0.2, 0.25) is 21.8 Å². The maximum Gasteiger partial charge on any atom is 0.240 e. The molecule has 23 heavy (non-hydrogen) atoms. The Morgan fingerprint density at radius 3 is 2.30 bits per heavy atom. The number of sulfonamides is 1. The van der Waals surface area contributed by atoms with Crippen molar-refractivity contribution in [2.24, 2.45) is 5.92 Å². The predicted octanol–water partition coefficient (Wildman–Crippen LogP) is 1.43. The molecular formula is C15H19N3O4S. The molecule has 2 aliphatic rings. The van der Waals surface area contributed by atoms with E-state index in [-0.39, 0.29) is 10.9 Å². The maximum atomic E-state index is 12.5. The number of anilines is 2. The molecule has 8 heteroatoms. The minimum absolute atomic E-state index is 0.0341. The molecule has 2 amide bonds. The van der Waals surface area contributed by atoms with Gasteiger partial charge in [-0.1, -0.05) is 12.8 Å². The highest BCUT2D eigenvalue weighted by atomic mass is 32.2. The Bertz CT molecular complexity index is 754. The molecule has 1 aliphatic heterocycles. The first-order chi connectivity index (χ1) is 10.9. The van der Waals surface area contributed by atoms with Crippen molar-refractivity contribution in [1.82, 2.24) is 4.72 Å². The quantitative estimate of drug-likeness (QED) is 0.726. The third-order valence-electron chi connectivity index (χ3n) is 4.28. The summed E-state index contributed by atoms with van der Waals surface area (Å²) in [5.41, 5.74) is 0.689. The molecule has 0 saturated heterocycles. The highest BCUT2D eigenvalue weighted by molar-refractivity contribution is 7.89. The summed E-state index contributed by atoms with van der Waals surface area (Å²) in [6, 6.07) is 4.27. The van der Waals surface area contributed by atoms with Gasteiger partial charge in [-0.15, -0.1) is 0 Å². The molecular weight excluding hydrogens is 318 g/mol. The summed E-state index contributed by atoms with van der Waals surface area (Å²) in [7, 11) is -3.65. The van der Waals surface area contributed by atoms with Gasteiger partial charge in [-0.25, -0.2) is 13.1 Å². The van der Waals surface area contributed by atoms with Gasteiger partial charge in [-0.05, 0) is 38.0 Å². The summed E-state index contributed by atoms with van der Waals surface area (Å²) in [5, 5.41) is 5.21. The Balaban J connectivity index is 1.90. The topological polar surface area (TPSA) is 104 Å². The van der Waals surface area contributed by atoms with Gasteiger partial charge >= 0.3 is 0 Å². The average molecular weight is 337 g/mol. The van der Waals surface area contributed by atoms with Gasteiger partial charge in [0.05, 0.1) is 16.3 Å². The maximum absolute atomic E-state index is 12.5. The van der Waals surface area contributed by atoms with Crippen LogP contribution >= 0.6 is 0 Å². The number of carbonyl (C=O) groups is 2. The van der Waals surface area contributed by atoms with Gasteiger partial charge < -0.3 is 10.6 Å². The van der Waals surface area contributed by atoms with E-state index in [4.69, 9.17) is 0 Å². The Hall–Kier alpha value is -1.93. The first kappa shape index (κ1) is 15.9. The monoisotopic (exact) mass is 337 g/mol. The number of hydrogen-bond donors (Lipinski definition) is 3. The summed E-state index contributed by atoms with van der Waals surface area (Å²) >= 11 is 0. The summed E-state index contributed by atoms with van der Waals surface area (Å²) in [4.78, 5) is 23.8. The molecule has 0 spiro atoms. The lowest BCUT2D eigenvalue weighted by atomic mass is 10.1. The number of nitrogens with one attached hydrogen (secondary N) is 3. The molecule has 3 N–H and O–H groups in total. The largest absolute Gasteiger partial charge is 0.324 e. The molecule has 7 nitrogen and oxygen atoms in total. The smallest absolute Gasteiger partial charge is 0.240 e. The lowest BCUT2D eigenvalue weighted by molar-refractivity contribution is -0.128. The van der Waals surface area contributed by atoms with E-state index >= 15 is 0 Å². The fourth-order valence-electron chi connectivity index (χ4n) is 2.84.